The molecule has 6 unspecified atom stereocenters. The zero-order valence-electron chi connectivity index (χ0n) is 21.8. The Bertz CT molecular complexity index is 744. The van der Waals surface area contributed by atoms with Gasteiger partial charge in [-0.25, -0.2) is 4.18 Å². The molecule has 37 heavy (non-hydrogen) atoms. The molecule has 0 aromatic rings. The fraction of sp³-hybridized carbons (Fsp3) is 0.875. The van der Waals surface area contributed by atoms with Gasteiger partial charge in [0.05, 0.1) is 19.8 Å². The van der Waals surface area contributed by atoms with E-state index in [1.54, 1.807) is 0 Å². The van der Waals surface area contributed by atoms with E-state index in [2.05, 4.69) is 23.3 Å². The van der Waals surface area contributed by atoms with Crippen molar-refractivity contribution in [3.63, 3.8) is 0 Å². The summed E-state index contributed by atoms with van der Waals surface area (Å²) in [6.07, 6.45) is 5.24. The first-order valence-electron chi connectivity index (χ1n) is 12.9. The van der Waals surface area contributed by atoms with Crippen LogP contribution in [0.2, 0.25) is 0 Å². The van der Waals surface area contributed by atoms with Crippen LogP contribution in [0.15, 0.2) is 12.2 Å². The molecule has 0 amide bonds. The molecule has 1 fully saturated rings. The fourth-order valence-corrected chi connectivity index (χ4v) is 4.30. The van der Waals surface area contributed by atoms with Gasteiger partial charge in [0.1, 0.15) is 30.5 Å². The minimum Gasteiger partial charge on any atom is -0.458 e. The van der Waals surface area contributed by atoms with Crippen LogP contribution in [0.25, 0.3) is 0 Å². The third-order valence-corrected chi connectivity index (χ3v) is 6.13. The molecule has 0 saturated carbocycles. The Balaban J connectivity index is 2.39. The summed E-state index contributed by atoms with van der Waals surface area (Å²) in [5, 5.41) is 29.8. The zero-order valence-corrected chi connectivity index (χ0v) is 22.6. The summed E-state index contributed by atoms with van der Waals surface area (Å²) in [5.74, 6) is -0.580. The maximum atomic E-state index is 11.5. The summed E-state index contributed by atoms with van der Waals surface area (Å²) in [5.41, 5.74) is 0. The maximum Gasteiger partial charge on any atom is 0.397 e. The molecule has 4 N–H and O–H groups in total. The average molecular weight is 557 g/mol. The molecule has 0 aromatic heterocycles. The topological polar surface area (TPSA) is 178 Å². The van der Waals surface area contributed by atoms with Crippen molar-refractivity contribution in [2.24, 2.45) is 0 Å². The first kappa shape index (κ1) is 33.9. The number of hydrogen-bond acceptors (Lipinski definition) is 11. The maximum absolute atomic E-state index is 11.5. The third-order valence-electron chi connectivity index (χ3n) is 5.67. The van der Waals surface area contributed by atoms with Gasteiger partial charge in [0.15, 0.2) is 6.29 Å². The number of carbonyl (C=O) groups excluding carboxylic acids is 1. The smallest absolute Gasteiger partial charge is 0.397 e. The monoisotopic (exact) mass is 556 g/mol. The van der Waals surface area contributed by atoms with Crippen molar-refractivity contribution in [3.8, 4) is 0 Å². The second-order valence-corrected chi connectivity index (χ2v) is 10.1. The zero-order chi connectivity index (χ0) is 27.7. The van der Waals surface area contributed by atoms with E-state index in [-0.39, 0.29) is 13.2 Å². The predicted octanol–water partition coefficient (Wildman–Crippen LogP) is 1.67. The molecule has 0 spiro atoms. The lowest BCUT2D eigenvalue weighted by molar-refractivity contribution is -0.301. The first-order chi connectivity index (χ1) is 17.6. The first-order valence-corrected chi connectivity index (χ1v) is 14.2. The highest BCUT2D eigenvalue weighted by Gasteiger charge is 2.47. The Morgan fingerprint density at radius 1 is 1.00 bits per heavy atom. The minimum atomic E-state index is -5.03. The Morgan fingerprint density at radius 2 is 1.65 bits per heavy atom. The molecule has 0 radical (unpaired) electrons. The van der Waals surface area contributed by atoms with Crippen LogP contribution in [0.4, 0.5) is 0 Å². The third kappa shape index (κ3) is 15.1. The van der Waals surface area contributed by atoms with Crippen LogP contribution in [-0.4, -0.2) is 97.5 Å². The van der Waals surface area contributed by atoms with E-state index in [1.165, 1.54) is 32.6 Å². The van der Waals surface area contributed by atoms with Crippen molar-refractivity contribution >= 4 is 16.4 Å². The van der Waals surface area contributed by atoms with E-state index < -0.39 is 59.8 Å². The molecule has 0 bridgehead atoms. The van der Waals surface area contributed by atoms with Crippen LogP contribution in [0, 0.1) is 0 Å². The van der Waals surface area contributed by atoms with Gasteiger partial charge in [-0.05, 0) is 25.7 Å². The summed E-state index contributed by atoms with van der Waals surface area (Å²) in [6.45, 7) is 2.82. The number of allylic oxidation sites excluding steroid dienone is 2. The number of aliphatic hydroxyl groups is 3. The van der Waals surface area contributed by atoms with Gasteiger partial charge in [-0.15, -0.1) is 0 Å². The van der Waals surface area contributed by atoms with Gasteiger partial charge < -0.3 is 34.3 Å². The lowest BCUT2D eigenvalue weighted by Gasteiger charge is -2.41. The van der Waals surface area contributed by atoms with Gasteiger partial charge in [-0.3, -0.25) is 9.35 Å². The molecule has 1 aliphatic heterocycles. The van der Waals surface area contributed by atoms with E-state index in [0.717, 1.165) is 32.1 Å². The molecular formula is C24H44O12S. The van der Waals surface area contributed by atoms with E-state index in [4.69, 9.17) is 23.5 Å². The van der Waals surface area contributed by atoms with Crippen LogP contribution in [0.1, 0.15) is 71.6 Å². The SMILES string of the molecule is CCC/C=C\CCCCCCCCOCC(COC1OC(CO)C(O)C(OS(=O)(=O)O)C1O)OC(C)=O. The fourth-order valence-electron chi connectivity index (χ4n) is 3.79. The number of rotatable bonds is 20. The second-order valence-electron chi connectivity index (χ2n) is 9.01. The lowest BCUT2D eigenvalue weighted by Crippen LogP contribution is -2.60. The van der Waals surface area contributed by atoms with Crippen LogP contribution in [0.3, 0.4) is 0 Å². The van der Waals surface area contributed by atoms with Gasteiger partial charge in [0.25, 0.3) is 0 Å². The number of esters is 1. The van der Waals surface area contributed by atoms with Crippen LogP contribution in [0.5, 0.6) is 0 Å². The van der Waals surface area contributed by atoms with Crippen molar-refractivity contribution in [2.75, 3.05) is 26.4 Å². The summed E-state index contributed by atoms with van der Waals surface area (Å²) >= 11 is 0. The normalized spacial score (nSPS) is 25.4. The van der Waals surface area contributed by atoms with Crippen molar-refractivity contribution in [1.82, 2.24) is 0 Å². The number of unbranched alkanes of at least 4 members (excludes halogenated alkanes) is 7. The second kappa shape index (κ2) is 19.0. The summed E-state index contributed by atoms with van der Waals surface area (Å²) in [6, 6.07) is 0. The Labute approximate surface area is 219 Å². The Kier molecular flexibility index (Phi) is 17.4. The molecule has 0 aliphatic carbocycles. The molecule has 1 heterocycles. The summed E-state index contributed by atoms with van der Waals surface area (Å²) in [7, 11) is -5.03. The molecule has 6 atom stereocenters. The number of aliphatic hydroxyl groups excluding tert-OH is 3. The number of hydrogen-bond donors (Lipinski definition) is 4. The highest BCUT2D eigenvalue weighted by Crippen LogP contribution is 2.25. The van der Waals surface area contributed by atoms with E-state index in [1.807, 2.05) is 0 Å². The molecule has 218 valence electrons. The van der Waals surface area contributed by atoms with Crippen molar-refractivity contribution in [3.05, 3.63) is 12.2 Å². The van der Waals surface area contributed by atoms with Gasteiger partial charge in [0, 0.05) is 13.5 Å². The lowest BCUT2D eigenvalue weighted by atomic mass is 9.99. The summed E-state index contributed by atoms with van der Waals surface area (Å²) < 4.78 is 56.9. The quantitative estimate of drug-likeness (QED) is 0.0739. The number of carbonyl (C=O) groups is 1. The van der Waals surface area contributed by atoms with Gasteiger partial charge in [-0.2, -0.15) is 8.42 Å². The molecule has 12 nitrogen and oxygen atoms in total. The van der Waals surface area contributed by atoms with Crippen LogP contribution >= 0.6 is 0 Å². The predicted molar refractivity (Wildman–Crippen MR) is 133 cm³/mol. The van der Waals surface area contributed by atoms with Gasteiger partial charge >= 0.3 is 16.4 Å². The van der Waals surface area contributed by atoms with E-state index in [9.17, 15) is 28.5 Å². The van der Waals surface area contributed by atoms with E-state index >= 15 is 0 Å². The highest BCUT2D eigenvalue weighted by atomic mass is 32.3. The summed E-state index contributed by atoms with van der Waals surface area (Å²) in [4.78, 5) is 11.5. The Hall–Kier alpha value is -1.16. The molecule has 0 aromatic carbocycles. The largest absolute Gasteiger partial charge is 0.458 e. The van der Waals surface area contributed by atoms with Crippen molar-refractivity contribution < 1.29 is 56.2 Å². The molecule has 1 rings (SSSR count). The molecule has 13 heteroatoms. The molecular weight excluding hydrogens is 512 g/mol. The molecule has 1 saturated heterocycles. The average Bonchev–Trinajstić information content (AvgIpc) is 2.83. The highest BCUT2D eigenvalue weighted by molar-refractivity contribution is 7.80. The van der Waals surface area contributed by atoms with Gasteiger partial charge in [0.2, 0.25) is 0 Å². The van der Waals surface area contributed by atoms with Crippen LogP contribution < -0.4 is 0 Å². The standard InChI is InChI=1S/C24H44O12S/c1-3-4-5-6-7-8-9-10-11-12-13-14-32-16-19(34-18(2)26)17-33-24-22(28)23(36-37(29,30)31)21(27)20(15-25)35-24/h5-6,19-25,27-28H,3-4,7-17H2,1-2H3,(H,29,30,31)/b6-5-. The van der Waals surface area contributed by atoms with Crippen LogP contribution in [-0.2, 0) is 38.3 Å². The minimum absolute atomic E-state index is 0.0174. The van der Waals surface area contributed by atoms with E-state index in [0.29, 0.717) is 6.61 Å². The number of ether oxygens (including phenoxy) is 4. The van der Waals surface area contributed by atoms with Gasteiger partial charge in [-0.1, -0.05) is 51.2 Å². The van der Waals surface area contributed by atoms with Crippen molar-refractivity contribution in [2.45, 2.75) is 108 Å². The van der Waals surface area contributed by atoms with Crippen molar-refractivity contribution in [1.29, 1.82) is 0 Å². The molecule has 1 aliphatic rings. The Morgan fingerprint density at radius 3 is 2.27 bits per heavy atom.